The number of aromatic amines is 1. The highest BCUT2D eigenvalue weighted by Gasteiger charge is 1.82. The van der Waals surface area contributed by atoms with E-state index in [9.17, 15) is 0 Å². The Kier molecular flexibility index (Phi) is 2.19. The van der Waals surface area contributed by atoms with Crippen LogP contribution in [0.4, 0.5) is 0 Å². The van der Waals surface area contributed by atoms with Crippen molar-refractivity contribution in [2.45, 2.75) is 6.92 Å². The Morgan fingerprint density at radius 3 is 3.00 bits per heavy atom. The van der Waals surface area contributed by atoms with E-state index in [0.717, 1.165) is 5.56 Å². The van der Waals surface area contributed by atoms with Gasteiger partial charge in [0.25, 0.3) is 0 Å². The Labute approximate surface area is 64.3 Å². The van der Waals surface area contributed by atoms with Gasteiger partial charge in [-0.25, -0.2) is 4.98 Å². The molecule has 0 saturated heterocycles. The van der Waals surface area contributed by atoms with Crippen molar-refractivity contribution in [3.8, 4) is 11.8 Å². The molecule has 0 fully saturated rings. The topological polar surface area (TPSA) is 28.7 Å². The molecule has 3 heteroatoms. The molecule has 1 rings (SSSR count). The fourth-order valence-electron chi connectivity index (χ4n) is 0.555. The summed E-state index contributed by atoms with van der Waals surface area (Å²) in [6.07, 6.45) is 3.39. The number of nitrogens with zero attached hydrogens (tertiary/aromatic N) is 1. The van der Waals surface area contributed by atoms with Crippen LogP contribution in [0, 0.1) is 16.6 Å². The maximum absolute atomic E-state index is 4.74. The maximum atomic E-state index is 4.74. The molecule has 0 amide bonds. The lowest BCUT2D eigenvalue weighted by atomic mass is 10.3. The largest absolute Gasteiger partial charge is 0.336 e. The Morgan fingerprint density at radius 1 is 1.70 bits per heavy atom. The maximum Gasteiger partial charge on any atom is 0.196 e. The number of aromatic nitrogens is 2. The number of H-pyrrole nitrogens is 1. The summed E-state index contributed by atoms with van der Waals surface area (Å²) >= 11 is 4.74. The number of hydrogen-bond donors (Lipinski definition) is 1. The molecule has 0 aromatic carbocycles. The molecule has 1 N–H and O–H groups in total. The second-order valence-corrected chi connectivity index (χ2v) is 2.07. The van der Waals surface area contributed by atoms with E-state index in [1.165, 1.54) is 0 Å². The minimum Gasteiger partial charge on any atom is -0.336 e. The second-order valence-electron chi connectivity index (χ2n) is 1.68. The van der Waals surface area contributed by atoms with E-state index in [1.807, 2.05) is 0 Å². The van der Waals surface area contributed by atoms with Crippen molar-refractivity contribution < 1.29 is 0 Å². The van der Waals surface area contributed by atoms with Gasteiger partial charge in [-0.1, -0.05) is 5.92 Å². The van der Waals surface area contributed by atoms with Gasteiger partial charge in [0.1, 0.15) is 0 Å². The van der Waals surface area contributed by atoms with Gasteiger partial charge in [0.15, 0.2) is 4.77 Å². The van der Waals surface area contributed by atoms with Crippen molar-refractivity contribution in [1.82, 2.24) is 9.97 Å². The predicted octanol–water partition coefficient (Wildman–Crippen LogP) is 1.51. The average molecular weight is 150 g/mol. The van der Waals surface area contributed by atoms with Crippen LogP contribution in [-0.2, 0) is 0 Å². The van der Waals surface area contributed by atoms with Crippen molar-refractivity contribution in [3.05, 3.63) is 22.7 Å². The standard InChI is InChI=1S/C7H6N2S/c1-2-3-6-4-8-7(10)9-5-6/h4-5H,1H3,(H,8,9,10). The SMILES string of the molecule is CC#Cc1cnc(=S)[nH]c1. The molecule has 0 spiro atoms. The monoisotopic (exact) mass is 150 g/mol. The van der Waals surface area contributed by atoms with Gasteiger partial charge in [-0.15, -0.1) is 5.92 Å². The van der Waals surface area contributed by atoms with Gasteiger partial charge in [-0.3, -0.25) is 0 Å². The Hall–Kier alpha value is -1.14. The highest BCUT2D eigenvalue weighted by Crippen LogP contribution is 1.88. The van der Waals surface area contributed by atoms with E-state index in [1.54, 1.807) is 19.3 Å². The van der Waals surface area contributed by atoms with Crippen molar-refractivity contribution in [2.75, 3.05) is 0 Å². The van der Waals surface area contributed by atoms with Crippen LogP contribution in [0.2, 0.25) is 0 Å². The minimum atomic E-state index is 0.488. The van der Waals surface area contributed by atoms with Crippen LogP contribution in [0.5, 0.6) is 0 Å². The fourth-order valence-corrected chi connectivity index (χ4v) is 0.667. The zero-order valence-corrected chi connectivity index (χ0v) is 6.33. The normalized spacial score (nSPS) is 8.10. The lowest BCUT2D eigenvalue weighted by Gasteiger charge is -1.85. The molecule has 0 aliphatic heterocycles. The molecule has 0 aliphatic rings. The fraction of sp³-hybridized carbons (Fsp3) is 0.143. The van der Waals surface area contributed by atoms with Crippen LogP contribution in [0.15, 0.2) is 12.4 Å². The van der Waals surface area contributed by atoms with E-state index in [4.69, 9.17) is 12.2 Å². The summed E-state index contributed by atoms with van der Waals surface area (Å²) in [5, 5.41) is 0. The van der Waals surface area contributed by atoms with Crippen LogP contribution in [0.25, 0.3) is 0 Å². The van der Waals surface area contributed by atoms with Crippen LogP contribution < -0.4 is 0 Å². The third-order valence-corrected chi connectivity index (χ3v) is 1.16. The van der Waals surface area contributed by atoms with Gasteiger partial charge in [0.05, 0.1) is 5.56 Å². The molecule has 0 atom stereocenters. The molecule has 0 saturated carbocycles. The summed E-state index contributed by atoms with van der Waals surface area (Å²) in [6.45, 7) is 1.78. The Morgan fingerprint density at radius 2 is 2.50 bits per heavy atom. The third kappa shape index (κ3) is 1.67. The zero-order chi connectivity index (χ0) is 7.40. The first-order valence-electron chi connectivity index (χ1n) is 2.80. The van der Waals surface area contributed by atoms with E-state index >= 15 is 0 Å². The molecule has 0 bridgehead atoms. The summed E-state index contributed by atoms with van der Waals surface area (Å²) < 4.78 is 0.488. The quantitative estimate of drug-likeness (QED) is 0.448. The van der Waals surface area contributed by atoms with Gasteiger partial charge in [-0.05, 0) is 19.1 Å². The molecule has 2 nitrogen and oxygen atoms in total. The summed E-state index contributed by atoms with van der Waals surface area (Å²) in [7, 11) is 0. The van der Waals surface area contributed by atoms with E-state index < -0.39 is 0 Å². The van der Waals surface area contributed by atoms with Gasteiger partial charge in [-0.2, -0.15) is 0 Å². The first kappa shape index (κ1) is 6.97. The molecular formula is C7H6N2S. The molecule has 1 heterocycles. The Balaban J connectivity index is 3.08. The molecule has 1 aromatic rings. The zero-order valence-electron chi connectivity index (χ0n) is 5.51. The molecule has 0 radical (unpaired) electrons. The lowest BCUT2D eigenvalue weighted by Crippen LogP contribution is -1.81. The third-order valence-electron chi connectivity index (χ3n) is 0.941. The van der Waals surface area contributed by atoms with E-state index in [2.05, 4.69) is 21.8 Å². The van der Waals surface area contributed by atoms with E-state index in [0.29, 0.717) is 4.77 Å². The van der Waals surface area contributed by atoms with Crippen LogP contribution in [-0.4, -0.2) is 9.97 Å². The van der Waals surface area contributed by atoms with Gasteiger partial charge in [0, 0.05) is 12.4 Å². The lowest BCUT2D eigenvalue weighted by molar-refractivity contribution is 1.12. The first-order chi connectivity index (χ1) is 4.83. The van der Waals surface area contributed by atoms with Crippen LogP contribution in [0.3, 0.4) is 0 Å². The molecular weight excluding hydrogens is 144 g/mol. The van der Waals surface area contributed by atoms with Crippen LogP contribution >= 0.6 is 12.2 Å². The number of nitrogens with one attached hydrogen (secondary N) is 1. The van der Waals surface area contributed by atoms with Crippen molar-refractivity contribution in [1.29, 1.82) is 0 Å². The number of hydrogen-bond acceptors (Lipinski definition) is 2. The molecule has 0 aliphatic carbocycles. The summed E-state index contributed by atoms with van der Waals surface area (Å²) in [5.74, 6) is 5.60. The van der Waals surface area contributed by atoms with Crippen molar-refractivity contribution >= 4 is 12.2 Å². The van der Waals surface area contributed by atoms with E-state index in [-0.39, 0.29) is 0 Å². The first-order valence-corrected chi connectivity index (χ1v) is 3.21. The van der Waals surface area contributed by atoms with Crippen molar-refractivity contribution in [3.63, 3.8) is 0 Å². The van der Waals surface area contributed by atoms with Crippen molar-refractivity contribution in [2.24, 2.45) is 0 Å². The Bertz CT molecular complexity index is 309. The van der Waals surface area contributed by atoms with Gasteiger partial charge >= 0.3 is 0 Å². The van der Waals surface area contributed by atoms with Gasteiger partial charge < -0.3 is 4.98 Å². The summed E-state index contributed by atoms with van der Waals surface area (Å²) in [6, 6.07) is 0. The smallest absolute Gasteiger partial charge is 0.196 e. The predicted molar refractivity (Wildman–Crippen MR) is 42.0 cm³/mol. The minimum absolute atomic E-state index is 0.488. The molecule has 0 unspecified atom stereocenters. The highest BCUT2D eigenvalue weighted by molar-refractivity contribution is 7.71. The second kappa shape index (κ2) is 3.14. The van der Waals surface area contributed by atoms with Crippen LogP contribution in [0.1, 0.15) is 12.5 Å². The van der Waals surface area contributed by atoms with Gasteiger partial charge in [0.2, 0.25) is 0 Å². The highest BCUT2D eigenvalue weighted by atomic mass is 32.1. The average Bonchev–Trinajstić information content (AvgIpc) is 1.95. The molecule has 50 valence electrons. The molecule has 10 heavy (non-hydrogen) atoms. The summed E-state index contributed by atoms with van der Waals surface area (Å²) in [4.78, 5) is 6.64. The number of rotatable bonds is 0. The summed E-state index contributed by atoms with van der Waals surface area (Å²) in [5.41, 5.74) is 0.858. The molecule has 1 aromatic heterocycles.